The lowest BCUT2D eigenvalue weighted by atomic mass is 9.74. The van der Waals surface area contributed by atoms with Gasteiger partial charge in [-0.25, -0.2) is 27.5 Å². The van der Waals surface area contributed by atoms with Crippen molar-refractivity contribution in [1.29, 1.82) is 0 Å². The van der Waals surface area contributed by atoms with Crippen LogP contribution in [0.25, 0.3) is 33.5 Å². The van der Waals surface area contributed by atoms with Crippen LogP contribution in [-0.4, -0.2) is 49.3 Å². The van der Waals surface area contributed by atoms with E-state index in [1.54, 1.807) is 18.6 Å². The van der Waals surface area contributed by atoms with E-state index in [2.05, 4.69) is 103 Å². The molecule has 0 aliphatic carbocycles. The topological polar surface area (TPSA) is 120 Å². The summed E-state index contributed by atoms with van der Waals surface area (Å²) in [5.41, 5.74) is 16.0. The maximum Gasteiger partial charge on any atom is 0.491 e. The molecule has 0 saturated carbocycles. The summed E-state index contributed by atoms with van der Waals surface area (Å²) in [4.78, 5) is 12.0. The first-order valence-electron chi connectivity index (χ1n) is 21.7. The van der Waals surface area contributed by atoms with Gasteiger partial charge in [-0.2, -0.15) is 0 Å². The SMILES string of the molecule is C.Cc1cc(C)c(-c2ccnc(-c3ccc(F)cc3F)c2)c(C)c1.Cc1cc(C)c(-c2ccnc(Cl)c2)c(C)c1.Cc1cc(C)c(B(O)O)c(C)c1.Clc1cc(I)ccn1.OB(O)c1ccc(F)cc1F. The number of aryl methyl sites for hydroxylation is 9. The van der Waals surface area contributed by atoms with Crippen LogP contribution < -0.4 is 10.9 Å². The summed E-state index contributed by atoms with van der Waals surface area (Å²) in [7, 11) is -3.25. The van der Waals surface area contributed by atoms with Crippen molar-refractivity contribution < 1.29 is 37.7 Å². The Bertz CT molecular complexity index is 2990. The number of hydrogen-bond donors (Lipinski definition) is 4. The van der Waals surface area contributed by atoms with E-state index in [1.807, 2.05) is 69.3 Å². The molecule has 16 heteroatoms. The number of nitrogens with zero attached hydrogens (tertiary/aromatic N) is 3. The molecule has 3 heterocycles. The van der Waals surface area contributed by atoms with Crippen LogP contribution in [0, 0.1) is 89.2 Å². The van der Waals surface area contributed by atoms with Gasteiger partial charge in [0.1, 0.15) is 33.6 Å². The van der Waals surface area contributed by atoms with Crippen molar-refractivity contribution >= 4 is 71.0 Å². The van der Waals surface area contributed by atoms with Crippen LogP contribution in [-0.2, 0) is 0 Å². The zero-order valence-corrected chi connectivity index (χ0v) is 43.7. The van der Waals surface area contributed by atoms with Gasteiger partial charge in [0.05, 0.1) is 5.69 Å². The Morgan fingerprint density at radius 1 is 0.451 bits per heavy atom. The Balaban J connectivity index is 0.000000245. The number of benzene rings is 5. The van der Waals surface area contributed by atoms with Crippen molar-refractivity contribution in [2.24, 2.45) is 0 Å². The predicted molar refractivity (Wildman–Crippen MR) is 293 cm³/mol. The molecule has 71 heavy (non-hydrogen) atoms. The van der Waals surface area contributed by atoms with Crippen LogP contribution >= 0.6 is 45.8 Å². The van der Waals surface area contributed by atoms with Gasteiger partial charge in [-0.3, -0.25) is 4.98 Å². The molecule has 0 spiro atoms. The lowest BCUT2D eigenvalue weighted by molar-refractivity contribution is 0.422. The first kappa shape index (κ1) is 59.9. The minimum absolute atomic E-state index is 0. The number of halogens is 7. The van der Waals surface area contributed by atoms with Gasteiger partial charge in [0.15, 0.2) is 0 Å². The summed E-state index contributed by atoms with van der Waals surface area (Å²) >= 11 is 13.6. The molecule has 0 bridgehead atoms. The van der Waals surface area contributed by atoms with Gasteiger partial charge in [-0.1, -0.05) is 101 Å². The molecule has 5 aromatic carbocycles. The Labute approximate surface area is 439 Å². The van der Waals surface area contributed by atoms with Crippen molar-refractivity contribution in [3.8, 4) is 33.5 Å². The quantitative estimate of drug-likeness (QED) is 0.0586. The smallest absolute Gasteiger partial charge is 0.423 e. The van der Waals surface area contributed by atoms with Crippen molar-refractivity contribution in [2.45, 2.75) is 69.7 Å². The summed E-state index contributed by atoms with van der Waals surface area (Å²) in [6.45, 7) is 18.3. The highest BCUT2D eigenvalue weighted by Crippen LogP contribution is 2.32. The van der Waals surface area contributed by atoms with E-state index < -0.39 is 37.5 Å². The van der Waals surface area contributed by atoms with Gasteiger partial charge in [0.2, 0.25) is 0 Å². The fraction of sp³-hybridized carbons (Fsp3) is 0.182. The Hall–Kier alpha value is -5.45. The van der Waals surface area contributed by atoms with E-state index in [4.69, 9.17) is 43.3 Å². The van der Waals surface area contributed by atoms with Gasteiger partial charge in [-0.15, -0.1) is 0 Å². The van der Waals surface area contributed by atoms with E-state index in [1.165, 1.54) is 51.1 Å². The second kappa shape index (κ2) is 28.0. The lowest BCUT2D eigenvalue weighted by Crippen LogP contribution is -2.34. The van der Waals surface area contributed by atoms with Crippen molar-refractivity contribution in [1.82, 2.24) is 15.0 Å². The van der Waals surface area contributed by atoms with Crippen LogP contribution in [0.15, 0.2) is 128 Å². The van der Waals surface area contributed by atoms with Gasteiger partial charge < -0.3 is 20.1 Å². The molecule has 0 saturated heterocycles. The molecule has 0 aliphatic rings. The number of aromatic nitrogens is 3. The number of pyridine rings is 3. The van der Waals surface area contributed by atoms with Gasteiger partial charge in [0, 0.05) is 45.3 Å². The highest BCUT2D eigenvalue weighted by molar-refractivity contribution is 14.1. The molecule has 3 aromatic heterocycles. The van der Waals surface area contributed by atoms with E-state index in [-0.39, 0.29) is 12.9 Å². The largest absolute Gasteiger partial charge is 0.491 e. The molecule has 0 unspecified atom stereocenters. The third-order valence-corrected chi connectivity index (χ3v) is 11.6. The third-order valence-electron chi connectivity index (χ3n) is 10.6. The van der Waals surface area contributed by atoms with E-state index in [0.29, 0.717) is 33.1 Å². The zero-order valence-electron chi connectivity index (χ0n) is 40.1. The van der Waals surface area contributed by atoms with Crippen LogP contribution in [0.5, 0.6) is 0 Å². The Kier molecular flexibility index (Phi) is 23.6. The van der Waals surface area contributed by atoms with Crippen LogP contribution in [0.3, 0.4) is 0 Å². The first-order chi connectivity index (χ1) is 32.9. The molecule has 4 N–H and O–H groups in total. The van der Waals surface area contributed by atoms with Crippen LogP contribution in [0.2, 0.25) is 10.3 Å². The minimum atomic E-state index is -1.89. The molecule has 8 rings (SSSR count). The first-order valence-corrected chi connectivity index (χ1v) is 23.5. The molecule has 0 amide bonds. The van der Waals surface area contributed by atoms with Gasteiger partial charge in [-0.05, 0) is 189 Å². The van der Waals surface area contributed by atoms with E-state index in [0.717, 1.165) is 55.1 Å². The van der Waals surface area contributed by atoms with Crippen LogP contribution in [0.4, 0.5) is 17.6 Å². The summed E-state index contributed by atoms with van der Waals surface area (Å²) < 4.78 is 53.0. The Morgan fingerprint density at radius 3 is 1.25 bits per heavy atom. The Morgan fingerprint density at radius 2 is 0.859 bits per heavy atom. The normalized spacial score (nSPS) is 10.1. The lowest BCUT2D eigenvalue weighted by Gasteiger charge is -2.13. The minimum Gasteiger partial charge on any atom is -0.423 e. The molecule has 7 nitrogen and oxygen atoms in total. The fourth-order valence-corrected chi connectivity index (χ4v) is 8.94. The van der Waals surface area contributed by atoms with E-state index >= 15 is 0 Å². The highest BCUT2D eigenvalue weighted by Gasteiger charge is 2.18. The molecule has 0 atom stereocenters. The zero-order chi connectivity index (χ0) is 52.0. The van der Waals surface area contributed by atoms with Crippen molar-refractivity contribution in [3.63, 3.8) is 0 Å². The maximum atomic E-state index is 14.0. The maximum absolute atomic E-state index is 14.0. The highest BCUT2D eigenvalue weighted by atomic mass is 127. The third kappa shape index (κ3) is 18.0. The summed E-state index contributed by atoms with van der Waals surface area (Å²) in [6, 6.07) is 30.0. The molecule has 0 fully saturated rings. The molecule has 0 radical (unpaired) electrons. The van der Waals surface area contributed by atoms with Crippen molar-refractivity contribution in [3.05, 3.63) is 215 Å². The average molecular weight is 1120 g/mol. The predicted octanol–water partition coefficient (Wildman–Crippen LogP) is 12.9. The second-order valence-corrected chi connectivity index (χ2v) is 18.5. The van der Waals surface area contributed by atoms with Gasteiger partial charge in [0.25, 0.3) is 0 Å². The molecule has 370 valence electrons. The number of rotatable bonds is 5. The number of hydrogen-bond acceptors (Lipinski definition) is 7. The molecular formula is C55H56B2Cl2F4IN3O4. The van der Waals surface area contributed by atoms with E-state index in [9.17, 15) is 17.6 Å². The summed E-state index contributed by atoms with van der Waals surface area (Å²) in [5, 5.41) is 36.1. The molecule has 8 aromatic rings. The summed E-state index contributed by atoms with van der Waals surface area (Å²) in [5.74, 6) is -2.90. The summed E-state index contributed by atoms with van der Waals surface area (Å²) in [6.07, 6.45) is 5.09. The van der Waals surface area contributed by atoms with Gasteiger partial charge >= 0.3 is 14.2 Å². The molecular weight excluding hydrogens is 1060 g/mol. The van der Waals surface area contributed by atoms with Crippen molar-refractivity contribution in [2.75, 3.05) is 0 Å². The monoisotopic (exact) mass is 1120 g/mol. The van der Waals surface area contributed by atoms with Crippen LogP contribution in [0.1, 0.15) is 57.5 Å². The average Bonchev–Trinajstić information content (AvgIpc) is 3.23. The molecule has 0 aliphatic heterocycles. The fourth-order valence-electron chi connectivity index (χ4n) is 7.95. The standard InChI is InChI=1S/C20H17F2N.C14H14ClN.C9H13BO2.C6H5BF2O2.C5H3ClIN.CH4/c1-12-8-13(2)20(14(3)9-12)15-6-7-23-19(10-15)17-5-4-16(21)11-18(17)22;1-9-6-10(2)14(11(3)7-9)12-4-5-16-13(15)8-12;1-6-4-7(2)9(10(11)12)8(3)5-6;8-4-1-2-5(7(10)11)6(9)3-4;6-5-3-4(7)1-2-8-5;/h4-11H,1-3H3;4-8H,1-3H3;4-5,11-12H,1-3H3;1-3,10-11H;1-3H;1H4. The second-order valence-electron chi connectivity index (χ2n) is 16.5.